The van der Waals surface area contributed by atoms with Gasteiger partial charge in [0.1, 0.15) is 0 Å². The molecule has 3 rings (SSSR count). The van der Waals surface area contributed by atoms with Gasteiger partial charge in [0.2, 0.25) is 10.0 Å². The Labute approximate surface area is 131 Å². The van der Waals surface area contributed by atoms with Gasteiger partial charge in [-0.25, -0.2) is 13.1 Å². The lowest BCUT2D eigenvalue weighted by molar-refractivity contribution is 0.166. The molecule has 0 aliphatic heterocycles. The van der Waals surface area contributed by atoms with Crippen molar-refractivity contribution in [3.05, 3.63) is 15.8 Å². The summed E-state index contributed by atoms with van der Waals surface area (Å²) in [6, 6.07) is 2.48. The lowest BCUT2D eigenvalue weighted by Gasteiger charge is -2.38. The maximum absolute atomic E-state index is 12.5. The second-order valence-corrected chi connectivity index (χ2v) is 9.85. The van der Waals surface area contributed by atoms with E-state index in [9.17, 15) is 8.42 Å². The summed E-state index contributed by atoms with van der Waals surface area (Å²) in [4.78, 5) is 2.45. The summed E-state index contributed by atoms with van der Waals surface area (Å²) in [5.74, 6) is 0. The van der Waals surface area contributed by atoms with Crippen molar-refractivity contribution in [2.75, 3.05) is 6.54 Å². The zero-order valence-corrected chi connectivity index (χ0v) is 14.4. The molecule has 0 atom stereocenters. The predicted octanol–water partition coefficient (Wildman–Crippen LogP) is 2.78. The molecule has 0 aromatic carbocycles. The van der Waals surface area contributed by atoms with Gasteiger partial charge in [-0.1, -0.05) is 13.3 Å². The van der Waals surface area contributed by atoms with Gasteiger partial charge in [0.15, 0.2) is 0 Å². The van der Waals surface area contributed by atoms with Gasteiger partial charge in [-0.05, 0) is 44.1 Å². The Morgan fingerprint density at radius 1 is 1.38 bits per heavy atom. The maximum atomic E-state index is 12.5. The van der Waals surface area contributed by atoms with Crippen LogP contribution in [0.3, 0.4) is 0 Å². The molecule has 2 aliphatic rings. The highest BCUT2D eigenvalue weighted by atomic mass is 32.2. The molecule has 0 bridgehead atoms. The summed E-state index contributed by atoms with van der Waals surface area (Å²) in [6.45, 7) is 5.39. The minimum Gasteiger partial charge on any atom is -0.309 e. The van der Waals surface area contributed by atoms with E-state index in [2.05, 4.69) is 17.0 Å². The summed E-state index contributed by atoms with van der Waals surface area (Å²) < 4.78 is 27.8. The Balaban J connectivity index is 1.65. The van der Waals surface area contributed by atoms with E-state index in [1.54, 1.807) is 11.3 Å². The Morgan fingerprint density at radius 2 is 2.10 bits per heavy atom. The molecular formula is C15H24N2O2S2. The van der Waals surface area contributed by atoms with Crippen molar-refractivity contribution in [2.45, 2.75) is 63.4 Å². The van der Waals surface area contributed by atoms with E-state index in [1.165, 1.54) is 19.3 Å². The van der Waals surface area contributed by atoms with Gasteiger partial charge >= 0.3 is 0 Å². The molecule has 2 fully saturated rings. The molecule has 2 saturated carbocycles. The highest BCUT2D eigenvalue weighted by molar-refractivity contribution is 7.89. The van der Waals surface area contributed by atoms with Gasteiger partial charge in [-0.15, -0.1) is 11.3 Å². The van der Waals surface area contributed by atoms with Crippen molar-refractivity contribution >= 4 is 21.4 Å². The van der Waals surface area contributed by atoms with Crippen molar-refractivity contribution in [1.82, 2.24) is 10.0 Å². The van der Waals surface area contributed by atoms with Gasteiger partial charge in [0, 0.05) is 28.9 Å². The van der Waals surface area contributed by atoms with E-state index in [0.717, 1.165) is 29.1 Å². The number of nitrogens with one attached hydrogen (secondary N) is 2. The van der Waals surface area contributed by atoms with Gasteiger partial charge in [0.25, 0.3) is 0 Å². The summed E-state index contributed by atoms with van der Waals surface area (Å²) >= 11 is 1.58. The molecule has 0 radical (unpaired) electrons. The van der Waals surface area contributed by atoms with Crippen LogP contribution in [-0.2, 0) is 16.6 Å². The smallest absolute Gasteiger partial charge is 0.241 e. The number of rotatable bonds is 7. The SMILES string of the molecule is Cc1sc(CNC2CC2)cc1S(=O)(=O)NCC1(C)CCC1. The average Bonchev–Trinajstić information content (AvgIpc) is 3.14. The van der Waals surface area contributed by atoms with Crippen molar-refractivity contribution in [2.24, 2.45) is 5.41 Å². The summed E-state index contributed by atoms with van der Waals surface area (Å²) in [7, 11) is -3.37. The lowest BCUT2D eigenvalue weighted by atomic mass is 9.71. The molecule has 6 heteroatoms. The fraction of sp³-hybridized carbons (Fsp3) is 0.733. The molecule has 2 aliphatic carbocycles. The number of aryl methyl sites for hydroxylation is 1. The van der Waals surface area contributed by atoms with Crippen LogP contribution in [0.1, 0.15) is 48.8 Å². The Bertz CT molecular complexity index is 614. The number of hydrogen-bond donors (Lipinski definition) is 2. The quantitative estimate of drug-likeness (QED) is 0.809. The topological polar surface area (TPSA) is 58.2 Å². The van der Waals surface area contributed by atoms with Crippen molar-refractivity contribution in [3.8, 4) is 0 Å². The molecule has 0 amide bonds. The second kappa shape index (κ2) is 5.65. The highest BCUT2D eigenvalue weighted by Gasteiger charge is 2.33. The van der Waals surface area contributed by atoms with Crippen molar-refractivity contribution in [1.29, 1.82) is 0 Å². The van der Waals surface area contributed by atoms with Gasteiger partial charge in [0.05, 0.1) is 4.90 Å². The average molecular weight is 329 g/mol. The molecular weight excluding hydrogens is 304 g/mol. The third-order valence-electron chi connectivity index (χ3n) is 4.60. The zero-order chi connectivity index (χ0) is 15.1. The standard InChI is InChI=1S/C15H24N2O2S2/c1-11-14(8-13(20-11)9-16-12-4-5-12)21(18,19)17-10-15(2)6-3-7-15/h8,12,16-17H,3-7,9-10H2,1-2H3. The van der Waals surface area contributed by atoms with Crippen LogP contribution in [0, 0.1) is 12.3 Å². The maximum Gasteiger partial charge on any atom is 0.241 e. The van der Waals surface area contributed by atoms with E-state index < -0.39 is 10.0 Å². The highest BCUT2D eigenvalue weighted by Crippen LogP contribution is 2.39. The molecule has 1 heterocycles. The summed E-state index contributed by atoms with van der Waals surface area (Å²) in [5, 5.41) is 3.43. The first-order chi connectivity index (χ1) is 9.88. The molecule has 0 spiro atoms. The van der Waals surface area contributed by atoms with Crippen LogP contribution in [-0.4, -0.2) is 21.0 Å². The van der Waals surface area contributed by atoms with E-state index in [4.69, 9.17) is 0 Å². The zero-order valence-electron chi connectivity index (χ0n) is 12.7. The molecule has 0 saturated heterocycles. The van der Waals surface area contributed by atoms with Gasteiger partial charge < -0.3 is 5.32 Å². The Kier molecular flexibility index (Phi) is 4.16. The third kappa shape index (κ3) is 3.67. The summed E-state index contributed by atoms with van der Waals surface area (Å²) in [6.07, 6.45) is 5.95. The normalized spacial score (nSPS) is 21.2. The number of thiophene rings is 1. The van der Waals surface area contributed by atoms with Crippen LogP contribution in [0.2, 0.25) is 0 Å². The van der Waals surface area contributed by atoms with Crippen molar-refractivity contribution in [3.63, 3.8) is 0 Å². The molecule has 21 heavy (non-hydrogen) atoms. The van der Waals surface area contributed by atoms with E-state index in [-0.39, 0.29) is 5.41 Å². The third-order valence-corrected chi connectivity index (χ3v) is 7.31. The van der Waals surface area contributed by atoms with Gasteiger partial charge in [-0.2, -0.15) is 0 Å². The van der Waals surface area contributed by atoms with E-state index in [0.29, 0.717) is 17.5 Å². The van der Waals surface area contributed by atoms with Crippen LogP contribution in [0.15, 0.2) is 11.0 Å². The molecule has 4 nitrogen and oxygen atoms in total. The number of hydrogen-bond acceptors (Lipinski definition) is 4. The largest absolute Gasteiger partial charge is 0.309 e. The Hall–Kier alpha value is -0.430. The molecule has 0 unspecified atom stereocenters. The molecule has 2 N–H and O–H groups in total. The first-order valence-electron chi connectivity index (χ1n) is 7.70. The minimum atomic E-state index is -3.37. The van der Waals surface area contributed by atoms with Crippen LogP contribution in [0.25, 0.3) is 0 Å². The second-order valence-electron chi connectivity index (χ2n) is 6.78. The monoisotopic (exact) mass is 328 g/mol. The van der Waals surface area contributed by atoms with E-state index in [1.807, 2.05) is 13.0 Å². The van der Waals surface area contributed by atoms with Crippen LogP contribution in [0.4, 0.5) is 0 Å². The molecule has 1 aromatic rings. The van der Waals surface area contributed by atoms with Gasteiger partial charge in [-0.3, -0.25) is 0 Å². The number of sulfonamides is 1. The first kappa shape index (κ1) is 15.5. The Morgan fingerprint density at radius 3 is 2.67 bits per heavy atom. The van der Waals surface area contributed by atoms with E-state index >= 15 is 0 Å². The fourth-order valence-electron chi connectivity index (χ4n) is 2.71. The first-order valence-corrected chi connectivity index (χ1v) is 10.0. The predicted molar refractivity (Wildman–Crippen MR) is 86.1 cm³/mol. The molecule has 1 aromatic heterocycles. The van der Waals surface area contributed by atoms with Crippen LogP contribution >= 0.6 is 11.3 Å². The molecule has 118 valence electrons. The lowest BCUT2D eigenvalue weighted by Crippen LogP contribution is -2.39. The van der Waals surface area contributed by atoms with Crippen molar-refractivity contribution < 1.29 is 8.42 Å². The minimum absolute atomic E-state index is 0.160. The fourth-order valence-corrected chi connectivity index (χ4v) is 5.50. The van der Waals surface area contributed by atoms with Crippen LogP contribution in [0.5, 0.6) is 0 Å². The summed E-state index contributed by atoms with van der Waals surface area (Å²) in [5.41, 5.74) is 0.160. The van der Waals surface area contributed by atoms with Crippen LogP contribution < -0.4 is 10.0 Å².